The first-order chi connectivity index (χ1) is 12.9. The molecule has 0 atom stereocenters. The first-order valence-electron chi connectivity index (χ1n) is 7.93. The molecule has 10 heteroatoms. The minimum Gasteiger partial charge on any atom is -0.382 e. The van der Waals surface area contributed by atoms with Crippen molar-refractivity contribution in [2.75, 3.05) is 16.7 Å². The number of sulfonamides is 1. The molecular formula is C17H15N7O2S. The van der Waals surface area contributed by atoms with Gasteiger partial charge in [-0.1, -0.05) is 24.3 Å². The Labute approximate surface area is 154 Å². The molecule has 4 rings (SSSR count). The molecule has 0 aliphatic rings. The van der Waals surface area contributed by atoms with Gasteiger partial charge < -0.3 is 10.7 Å². The third-order valence-corrected chi connectivity index (χ3v) is 4.38. The SMILES string of the molecule is CS(=O)(=O)Nc1ccccc1-c1nnc(-c2nc3ccccc3nc2N)[nH]1. The van der Waals surface area contributed by atoms with Gasteiger partial charge in [0.15, 0.2) is 23.2 Å². The van der Waals surface area contributed by atoms with E-state index in [2.05, 4.69) is 29.9 Å². The highest BCUT2D eigenvalue weighted by Crippen LogP contribution is 2.28. The van der Waals surface area contributed by atoms with E-state index >= 15 is 0 Å². The van der Waals surface area contributed by atoms with Gasteiger partial charge in [0.25, 0.3) is 0 Å². The summed E-state index contributed by atoms with van der Waals surface area (Å²) in [6, 6.07) is 14.2. The van der Waals surface area contributed by atoms with E-state index in [0.29, 0.717) is 39.6 Å². The van der Waals surface area contributed by atoms with Crippen molar-refractivity contribution >= 4 is 32.6 Å². The summed E-state index contributed by atoms with van der Waals surface area (Å²) in [7, 11) is -3.44. The number of aromatic amines is 1. The van der Waals surface area contributed by atoms with E-state index in [4.69, 9.17) is 5.73 Å². The van der Waals surface area contributed by atoms with Crippen LogP contribution in [0.1, 0.15) is 0 Å². The summed E-state index contributed by atoms with van der Waals surface area (Å²) in [5.41, 5.74) is 8.70. The standard InChI is InChI=1S/C17H15N7O2S/c1-27(25,26)24-11-7-3-2-6-10(11)16-21-17(23-22-16)14-15(18)20-13-9-5-4-8-12(13)19-14/h2-9,24H,1H3,(H2,18,20)(H,21,22,23). The smallest absolute Gasteiger partial charge is 0.229 e. The summed E-state index contributed by atoms with van der Waals surface area (Å²) >= 11 is 0. The zero-order valence-corrected chi connectivity index (χ0v) is 15.0. The number of hydrogen-bond donors (Lipinski definition) is 3. The number of aromatic nitrogens is 5. The normalized spacial score (nSPS) is 11.6. The van der Waals surface area contributed by atoms with Gasteiger partial charge in [0.2, 0.25) is 10.0 Å². The average Bonchev–Trinajstić information content (AvgIpc) is 3.10. The Morgan fingerprint density at radius 3 is 2.30 bits per heavy atom. The number of nitrogens with two attached hydrogens (primary N) is 1. The van der Waals surface area contributed by atoms with Crippen LogP contribution in [0, 0.1) is 0 Å². The van der Waals surface area contributed by atoms with Crippen molar-refractivity contribution in [3.63, 3.8) is 0 Å². The maximum atomic E-state index is 11.6. The number of rotatable bonds is 4. The number of nitrogens with one attached hydrogen (secondary N) is 2. The number of nitrogens with zero attached hydrogens (tertiary/aromatic N) is 4. The molecule has 0 unspecified atom stereocenters. The van der Waals surface area contributed by atoms with E-state index in [1.54, 1.807) is 24.3 Å². The highest BCUT2D eigenvalue weighted by atomic mass is 32.2. The molecule has 2 heterocycles. The highest BCUT2D eigenvalue weighted by molar-refractivity contribution is 7.92. The van der Waals surface area contributed by atoms with E-state index in [1.165, 1.54) is 0 Å². The van der Waals surface area contributed by atoms with Crippen LogP contribution in [0.4, 0.5) is 11.5 Å². The van der Waals surface area contributed by atoms with Crippen LogP contribution in [0.15, 0.2) is 48.5 Å². The molecule has 2 aromatic carbocycles. The molecule has 0 fully saturated rings. The third kappa shape index (κ3) is 3.42. The van der Waals surface area contributed by atoms with Gasteiger partial charge in [0.1, 0.15) is 0 Å². The van der Waals surface area contributed by atoms with Crippen LogP contribution in [0.5, 0.6) is 0 Å². The molecule has 0 saturated carbocycles. The molecule has 4 aromatic rings. The van der Waals surface area contributed by atoms with Gasteiger partial charge in [-0.25, -0.2) is 18.4 Å². The van der Waals surface area contributed by atoms with Crippen LogP contribution >= 0.6 is 0 Å². The first kappa shape index (κ1) is 16.9. The van der Waals surface area contributed by atoms with Crippen LogP contribution < -0.4 is 10.5 Å². The molecule has 0 radical (unpaired) electrons. The fourth-order valence-corrected chi connectivity index (χ4v) is 3.23. The van der Waals surface area contributed by atoms with Crippen molar-refractivity contribution in [3.05, 3.63) is 48.5 Å². The molecule has 0 spiro atoms. The fraction of sp³-hybridized carbons (Fsp3) is 0.0588. The van der Waals surface area contributed by atoms with Crippen LogP contribution in [-0.4, -0.2) is 39.8 Å². The minimum absolute atomic E-state index is 0.221. The van der Waals surface area contributed by atoms with Crippen LogP contribution in [0.3, 0.4) is 0 Å². The molecule has 2 aromatic heterocycles. The largest absolute Gasteiger partial charge is 0.382 e. The first-order valence-corrected chi connectivity index (χ1v) is 9.82. The van der Waals surface area contributed by atoms with Gasteiger partial charge in [-0.05, 0) is 24.3 Å². The molecule has 136 valence electrons. The average molecular weight is 381 g/mol. The molecule has 27 heavy (non-hydrogen) atoms. The summed E-state index contributed by atoms with van der Waals surface area (Å²) in [6.45, 7) is 0. The van der Waals surface area contributed by atoms with Gasteiger partial charge >= 0.3 is 0 Å². The maximum Gasteiger partial charge on any atom is 0.229 e. The maximum absolute atomic E-state index is 11.6. The van der Waals surface area contributed by atoms with E-state index in [1.807, 2.05) is 24.3 Å². The monoisotopic (exact) mass is 381 g/mol. The number of nitrogen functional groups attached to an aromatic ring is 1. The van der Waals surface area contributed by atoms with Gasteiger partial charge in [0.05, 0.1) is 23.0 Å². The Morgan fingerprint density at radius 1 is 0.926 bits per heavy atom. The van der Waals surface area contributed by atoms with E-state index in [9.17, 15) is 8.42 Å². The molecule has 9 nitrogen and oxygen atoms in total. The Hall–Kier alpha value is -3.53. The summed E-state index contributed by atoms with van der Waals surface area (Å²) in [5, 5.41) is 8.21. The Bertz CT molecular complexity index is 1250. The summed E-state index contributed by atoms with van der Waals surface area (Å²) < 4.78 is 25.6. The van der Waals surface area contributed by atoms with E-state index < -0.39 is 10.0 Å². The van der Waals surface area contributed by atoms with Gasteiger partial charge in [-0.2, -0.15) is 0 Å². The van der Waals surface area contributed by atoms with Crippen molar-refractivity contribution in [1.29, 1.82) is 0 Å². The Morgan fingerprint density at radius 2 is 1.56 bits per heavy atom. The lowest BCUT2D eigenvalue weighted by atomic mass is 10.2. The van der Waals surface area contributed by atoms with Gasteiger partial charge in [0, 0.05) is 5.56 Å². The third-order valence-electron chi connectivity index (χ3n) is 3.79. The van der Waals surface area contributed by atoms with Crippen molar-refractivity contribution in [1.82, 2.24) is 25.1 Å². The van der Waals surface area contributed by atoms with Gasteiger partial charge in [-0.15, -0.1) is 10.2 Å². The number of benzene rings is 2. The lowest BCUT2D eigenvalue weighted by Gasteiger charge is -2.08. The van der Waals surface area contributed by atoms with Crippen LogP contribution in [0.2, 0.25) is 0 Å². The number of H-pyrrole nitrogens is 1. The Kier molecular flexibility index (Phi) is 3.96. The molecule has 4 N–H and O–H groups in total. The molecule has 0 amide bonds. The molecule has 0 aliphatic heterocycles. The Balaban J connectivity index is 1.78. The second-order valence-corrected chi connectivity index (χ2v) is 7.64. The van der Waals surface area contributed by atoms with Gasteiger partial charge in [-0.3, -0.25) is 4.72 Å². The lowest BCUT2D eigenvalue weighted by molar-refractivity contribution is 0.607. The number of para-hydroxylation sites is 3. The van der Waals surface area contributed by atoms with Crippen molar-refractivity contribution in [2.24, 2.45) is 0 Å². The second kappa shape index (κ2) is 6.32. The zero-order valence-electron chi connectivity index (χ0n) is 14.2. The van der Waals surface area contributed by atoms with Crippen LogP contribution in [-0.2, 0) is 10.0 Å². The topological polar surface area (TPSA) is 140 Å². The summed E-state index contributed by atoms with van der Waals surface area (Å²) in [4.78, 5) is 11.9. The van der Waals surface area contributed by atoms with E-state index in [0.717, 1.165) is 6.26 Å². The number of fused-ring (bicyclic) bond motifs is 1. The number of hydrogen-bond acceptors (Lipinski definition) is 7. The van der Waals surface area contributed by atoms with Crippen molar-refractivity contribution < 1.29 is 8.42 Å². The highest BCUT2D eigenvalue weighted by Gasteiger charge is 2.16. The minimum atomic E-state index is -3.44. The molecular weight excluding hydrogens is 366 g/mol. The lowest BCUT2D eigenvalue weighted by Crippen LogP contribution is -2.10. The van der Waals surface area contributed by atoms with Crippen molar-refractivity contribution in [2.45, 2.75) is 0 Å². The second-order valence-electron chi connectivity index (χ2n) is 5.89. The molecule has 0 saturated heterocycles. The van der Waals surface area contributed by atoms with E-state index in [-0.39, 0.29) is 5.82 Å². The predicted molar refractivity (Wildman–Crippen MR) is 103 cm³/mol. The number of anilines is 2. The quantitative estimate of drug-likeness (QED) is 0.491. The predicted octanol–water partition coefficient (Wildman–Crippen LogP) is 2.04. The fourth-order valence-electron chi connectivity index (χ4n) is 2.66. The van der Waals surface area contributed by atoms with Crippen LogP contribution in [0.25, 0.3) is 33.9 Å². The van der Waals surface area contributed by atoms with Crippen molar-refractivity contribution in [3.8, 4) is 22.9 Å². The summed E-state index contributed by atoms with van der Waals surface area (Å²) in [5.74, 6) is 0.944. The summed E-state index contributed by atoms with van der Waals surface area (Å²) in [6.07, 6.45) is 1.08. The molecule has 0 aliphatic carbocycles. The molecule has 0 bridgehead atoms. The zero-order chi connectivity index (χ0) is 19.0.